The standard InChI is InChI=1S/C32H40N4O4/c1-22-14-25(10-11-26(22)16-34-30(37)39-21-23-8-6-5-7-9-23)28-12-13-33-17-29(28)35-18-24-15-27(20-35)36(19-24)31(38)40-32(2,3)4/h6,8-14,17,24,27H,5,7,15-16,18-21H2,1-4H3,(H,34,37). The van der Waals surface area contributed by atoms with Crippen LogP contribution in [0.4, 0.5) is 15.3 Å². The minimum absolute atomic E-state index is 0.127. The largest absolute Gasteiger partial charge is 0.445 e. The number of hydrogen-bond donors (Lipinski definition) is 1. The smallest absolute Gasteiger partial charge is 0.410 e. The molecule has 8 heteroatoms. The first-order valence-electron chi connectivity index (χ1n) is 14.2. The number of carbonyl (C=O) groups is 2. The number of nitrogens with one attached hydrogen (secondary N) is 1. The van der Waals surface area contributed by atoms with Gasteiger partial charge >= 0.3 is 12.2 Å². The number of piperidine rings is 1. The van der Waals surface area contributed by atoms with Crippen molar-refractivity contribution in [2.24, 2.45) is 5.92 Å². The van der Waals surface area contributed by atoms with E-state index < -0.39 is 11.7 Å². The van der Waals surface area contributed by atoms with Gasteiger partial charge in [0.25, 0.3) is 0 Å². The van der Waals surface area contributed by atoms with Crippen molar-refractivity contribution < 1.29 is 19.1 Å². The van der Waals surface area contributed by atoms with Crippen molar-refractivity contribution in [3.63, 3.8) is 0 Å². The van der Waals surface area contributed by atoms with Crippen LogP contribution in [0.3, 0.4) is 0 Å². The molecule has 0 radical (unpaired) electrons. The molecule has 3 aliphatic rings. The molecule has 3 heterocycles. The number of fused-ring (bicyclic) bond motifs is 2. The summed E-state index contributed by atoms with van der Waals surface area (Å²) in [7, 11) is 0. The van der Waals surface area contributed by atoms with Crippen LogP contribution in [0, 0.1) is 12.8 Å². The Hall–Kier alpha value is -3.81. The predicted octanol–water partition coefficient (Wildman–Crippen LogP) is 6.01. The summed E-state index contributed by atoms with van der Waals surface area (Å²) in [6.07, 6.45) is 12.4. The zero-order valence-corrected chi connectivity index (χ0v) is 24.0. The van der Waals surface area contributed by atoms with Crippen molar-refractivity contribution in [1.29, 1.82) is 0 Å². The van der Waals surface area contributed by atoms with E-state index in [-0.39, 0.29) is 12.1 Å². The molecule has 2 amide bonds. The topological polar surface area (TPSA) is 84.0 Å². The molecule has 1 aliphatic carbocycles. The van der Waals surface area contributed by atoms with Crippen LogP contribution in [0.15, 0.2) is 60.5 Å². The number of ether oxygens (including phenoxy) is 2. The Bertz CT molecular complexity index is 1310. The lowest BCUT2D eigenvalue weighted by atomic mass is 9.96. The van der Waals surface area contributed by atoms with Gasteiger partial charge < -0.3 is 24.6 Å². The summed E-state index contributed by atoms with van der Waals surface area (Å²) < 4.78 is 11.1. The highest BCUT2D eigenvalue weighted by Crippen LogP contribution is 2.37. The highest BCUT2D eigenvalue weighted by molar-refractivity contribution is 5.79. The molecule has 1 aromatic carbocycles. The number of anilines is 1. The van der Waals surface area contributed by atoms with Gasteiger partial charge in [-0.15, -0.1) is 0 Å². The number of alkyl carbamates (subject to hydrolysis) is 1. The van der Waals surface area contributed by atoms with E-state index in [1.807, 2.05) is 44.1 Å². The molecule has 2 unspecified atom stereocenters. The molecule has 2 fully saturated rings. The lowest BCUT2D eigenvalue weighted by Gasteiger charge is -2.35. The first-order valence-corrected chi connectivity index (χ1v) is 14.2. The predicted molar refractivity (Wildman–Crippen MR) is 156 cm³/mol. The van der Waals surface area contributed by atoms with Crippen LogP contribution >= 0.6 is 0 Å². The molecule has 2 saturated heterocycles. The van der Waals surface area contributed by atoms with Gasteiger partial charge in [0.15, 0.2) is 0 Å². The van der Waals surface area contributed by atoms with Gasteiger partial charge in [-0.1, -0.05) is 36.4 Å². The van der Waals surface area contributed by atoms with E-state index in [9.17, 15) is 9.59 Å². The lowest BCUT2D eigenvalue weighted by molar-refractivity contribution is 0.0233. The van der Waals surface area contributed by atoms with Gasteiger partial charge in [-0.3, -0.25) is 4.98 Å². The fourth-order valence-corrected chi connectivity index (χ4v) is 5.79. The summed E-state index contributed by atoms with van der Waals surface area (Å²) in [4.78, 5) is 33.8. The van der Waals surface area contributed by atoms with Crippen molar-refractivity contribution >= 4 is 17.9 Å². The Morgan fingerprint density at radius 2 is 1.98 bits per heavy atom. The molecule has 5 rings (SSSR count). The number of benzene rings is 1. The molecule has 40 heavy (non-hydrogen) atoms. The van der Waals surface area contributed by atoms with E-state index >= 15 is 0 Å². The van der Waals surface area contributed by atoms with Crippen LogP contribution < -0.4 is 10.2 Å². The maximum Gasteiger partial charge on any atom is 0.410 e. The highest BCUT2D eigenvalue weighted by Gasteiger charge is 2.42. The van der Waals surface area contributed by atoms with Gasteiger partial charge in [0.2, 0.25) is 0 Å². The minimum atomic E-state index is -0.506. The summed E-state index contributed by atoms with van der Waals surface area (Å²) in [6, 6.07) is 8.49. The second kappa shape index (κ2) is 11.7. The summed E-state index contributed by atoms with van der Waals surface area (Å²) in [6.45, 7) is 10.8. The first-order chi connectivity index (χ1) is 19.2. The van der Waals surface area contributed by atoms with Crippen molar-refractivity contribution in [2.75, 3.05) is 31.1 Å². The summed E-state index contributed by atoms with van der Waals surface area (Å²) >= 11 is 0. The molecule has 0 spiro atoms. The summed E-state index contributed by atoms with van der Waals surface area (Å²) in [5, 5.41) is 2.87. The van der Waals surface area contributed by atoms with E-state index in [1.54, 1.807) is 0 Å². The number of pyridine rings is 1. The van der Waals surface area contributed by atoms with Crippen LogP contribution in [-0.4, -0.2) is 60.0 Å². The SMILES string of the molecule is Cc1cc(-c2ccncc2N2CC3CC(C2)N(C(=O)OC(C)(C)C)C3)ccc1CNC(=O)OCC1=CCCC=C1. The van der Waals surface area contributed by atoms with E-state index in [1.165, 1.54) is 0 Å². The number of hydrogen-bond acceptors (Lipinski definition) is 6. The fraction of sp³-hybridized carbons (Fsp3) is 0.469. The Morgan fingerprint density at radius 3 is 2.73 bits per heavy atom. The monoisotopic (exact) mass is 544 g/mol. The maximum atomic E-state index is 12.8. The van der Waals surface area contributed by atoms with E-state index in [2.05, 4.69) is 58.5 Å². The Morgan fingerprint density at radius 1 is 1.12 bits per heavy atom. The third-order valence-corrected chi connectivity index (χ3v) is 7.70. The molecule has 2 atom stereocenters. The number of likely N-dealkylation sites (tertiary alicyclic amines) is 1. The van der Waals surface area contributed by atoms with Gasteiger partial charge in [0.05, 0.1) is 17.9 Å². The zero-order valence-electron chi connectivity index (χ0n) is 24.0. The fourth-order valence-electron chi connectivity index (χ4n) is 5.79. The van der Waals surface area contributed by atoms with Crippen LogP contribution in [0.1, 0.15) is 51.2 Å². The molecule has 212 valence electrons. The zero-order chi connectivity index (χ0) is 28.3. The molecule has 0 saturated carbocycles. The lowest BCUT2D eigenvalue weighted by Crippen LogP contribution is -2.45. The van der Waals surface area contributed by atoms with Crippen LogP contribution in [-0.2, 0) is 16.0 Å². The van der Waals surface area contributed by atoms with Crippen LogP contribution in [0.2, 0.25) is 0 Å². The number of rotatable bonds is 6. The molecule has 2 aliphatic heterocycles. The average Bonchev–Trinajstić information content (AvgIpc) is 3.24. The Balaban J connectivity index is 1.24. The number of allylic oxidation sites excluding steroid dienone is 2. The molecule has 1 N–H and O–H groups in total. The van der Waals surface area contributed by atoms with Crippen LogP contribution in [0.5, 0.6) is 0 Å². The van der Waals surface area contributed by atoms with Gasteiger partial charge in [0.1, 0.15) is 12.2 Å². The van der Waals surface area contributed by atoms with Crippen molar-refractivity contribution in [3.05, 3.63) is 71.6 Å². The van der Waals surface area contributed by atoms with Crippen molar-refractivity contribution in [2.45, 2.75) is 65.1 Å². The molecule has 2 bridgehead atoms. The average molecular weight is 545 g/mol. The van der Waals surface area contributed by atoms with Gasteiger partial charge in [-0.2, -0.15) is 0 Å². The van der Waals surface area contributed by atoms with Crippen molar-refractivity contribution in [1.82, 2.24) is 15.2 Å². The number of amides is 2. The van der Waals surface area contributed by atoms with E-state index in [0.717, 1.165) is 72.4 Å². The first kappa shape index (κ1) is 27.7. The molecule has 2 aromatic rings. The minimum Gasteiger partial charge on any atom is -0.445 e. The second-order valence-corrected chi connectivity index (χ2v) is 12.0. The number of nitrogens with zero attached hydrogens (tertiary/aromatic N) is 3. The Kier molecular flexibility index (Phi) is 8.14. The van der Waals surface area contributed by atoms with Crippen LogP contribution in [0.25, 0.3) is 11.1 Å². The van der Waals surface area contributed by atoms with Gasteiger partial charge in [0, 0.05) is 37.9 Å². The van der Waals surface area contributed by atoms with E-state index in [4.69, 9.17) is 9.47 Å². The van der Waals surface area contributed by atoms with Gasteiger partial charge in [-0.05, 0) is 81.2 Å². The summed E-state index contributed by atoms with van der Waals surface area (Å²) in [5.41, 5.74) is 5.94. The second-order valence-electron chi connectivity index (χ2n) is 12.0. The maximum absolute atomic E-state index is 12.8. The quantitative estimate of drug-likeness (QED) is 0.480. The third kappa shape index (κ3) is 6.66. The molecular weight excluding hydrogens is 504 g/mol. The normalized spacial score (nSPS) is 20.2. The number of aryl methyl sites for hydroxylation is 1. The van der Waals surface area contributed by atoms with Gasteiger partial charge in [-0.25, -0.2) is 9.59 Å². The molecular formula is C32H40N4O4. The molecule has 1 aromatic heterocycles. The summed E-state index contributed by atoms with van der Waals surface area (Å²) in [5.74, 6) is 0.402. The molecule has 8 nitrogen and oxygen atoms in total. The Labute approximate surface area is 237 Å². The van der Waals surface area contributed by atoms with Crippen molar-refractivity contribution in [3.8, 4) is 11.1 Å². The highest BCUT2D eigenvalue weighted by atomic mass is 16.6. The van der Waals surface area contributed by atoms with E-state index in [0.29, 0.717) is 19.1 Å². The third-order valence-electron chi connectivity index (χ3n) is 7.70. The number of aromatic nitrogens is 1. The number of carbonyl (C=O) groups excluding carboxylic acids is 2.